The molecule has 8 heteroatoms. The fraction of sp³-hybridized carbons (Fsp3) is 0.111. The lowest BCUT2D eigenvalue weighted by atomic mass is 10.1. The van der Waals surface area contributed by atoms with Crippen LogP contribution in [0.25, 0.3) is 0 Å². The van der Waals surface area contributed by atoms with E-state index >= 15 is 0 Å². The molecule has 17 heavy (non-hydrogen) atoms. The molecule has 0 aliphatic rings. The molecule has 2 aromatic rings. The van der Waals surface area contributed by atoms with Gasteiger partial charge >= 0.3 is 5.97 Å². The Kier molecular flexibility index (Phi) is 3.26. The molecule has 0 unspecified atom stereocenters. The summed E-state index contributed by atoms with van der Waals surface area (Å²) in [5, 5.41) is 20.0. The number of tetrazole rings is 1. The van der Waals surface area contributed by atoms with Gasteiger partial charge in [0.2, 0.25) is 0 Å². The van der Waals surface area contributed by atoms with Crippen LogP contribution >= 0.6 is 23.2 Å². The zero-order chi connectivity index (χ0) is 12.4. The number of carboxylic acids is 1. The first-order valence-corrected chi connectivity index (χ1v) is 5.26. The SMILES string of the molecule is O=C(O)c1ccc(Cl)c(Cn2cnnn2)c1Cl. The summed E-state index contributed by atoms with van der Waals surface area (Å²) in [7, 11) is 0. The molecule has 2 rings (SSSR count). The van der Waals surface area contributed by atoms with Crippen LogP contribution in [-0.2, 0) is 6.54 Å². The average molecular weight is 273 g/mol. The topological polar surface area (TPSA) is 80.9 Å². The Morgan fingerprint density at radius 1 is 1.41 bits per heavy atom. The molecule has 0 atom stereocenters. The summed E-state index contributed by atoms with van der Waals surface area (Å²) in [5.41, 5.74) is 0.472. The highest BCUT2D eigenvalue weighted by atomic mass is 35.5. The number of aromatic carboxylic acids is 1. The molecule has 0 aliphatic heterocycles. The number of carbonyl (C=O) groups is 1. The van der Waals surface area contributed by atoms with Gasteiger partial charge in [0.1, 0.15) is 6.33 Å². The third-order valence-corrected chi connectivity index (χ3v) is 2.91. The Morgan fingerprint density at radius 3 is 2.76 bits per heavy atom. The van der Waals surface area contributed by atoms with E-state index < -0.39 is 5.97 Å². The normalized spacial score (nSPS) is 10.5. The van der Waals surface area contributed by atoms with Crippen molar-refractivity contribution in [3.05, 3.63) is 39.6 Å². The van der Waals surface area contributed by atoms with E-state index in [-0.39, 0.29) is 17.1 Å². The van der Waals surface area contributed by atoms with Crippen molar-refractivity contribution in [2.75, 3.05) is 0 Å². The van der Waals surface area contributed by atoms with Gasteiger partial charge in [-0.2, -0.15) is 0 Å². The zero-order valence-electron chi connectivity index (χ0n) is 8.34. The maximum absolute atomic E-state index is 10.9. The first-order chi connectivity index (χ1) is 8.09. The molecule has 88 valence electrons. The second-order valence-corrected chi connectivity index (χ2v) is 3.99. The standard InChI is InChI=1S/C9H6Cl2N4O2/c10-7-2-1-5(9(16)17)8(11)6(7)3-15-4-12-13-14-15/h1-2,4H,3H2,(H,16,17). The first-order valence-electron chi connectivity index (χ1n) is 4.50. The Morgan fingerprint density at radius 2 is 2.18 bits per heavy atom. The van der Waals surface area contributed by atoms with E-state index in [2.05, 4.69) is 15.5 Å². The molecule has 1 aromatic carbocycles. The predicted molar refractivity (Wildman–Crippen MR) is 60.3 cm³/mol. The van der Waals surface area contributed by atoms with Gasteiger partial charge in [0, 0.05) is 10.6 Å². The molecular formula is C9H6Cl2N4O2. The molecule has 6 nitrogen and oxygen atoms in total. The smallest absolute Gasteiger partial charge is 0.337 e. The lowest BCUT2D eigenvalue weighted by Gasteiger charge is -2.08. The van der Waals surface area contributed by atoms with E-state index in [0.29, 0.717) is 10.6 Å². The summed E-state index contributed by atoms with van der Waals surface area (Å²) in [4.78, 5) is 10.9. The second-order valence-electron chi connectivity index (χ2n) is 3.20. The summed E-state index contributed by atoms with van der Waals surface area (Å²) >= 11 is 11.9. The van der Waals surface area contributed by atoms with Gasteiger partial charge in [-0.05, 0) is 22.6 Å². The van der Waals surface area contributed by atoms with Gasteiger partial charge in [-0.1, -0.05) is 23.2 Å². The lowest BCUT2D eigenvalue weighted by Crippen LogP contribution is -2.06. The molecule has 1 heterocycles. The van der Waals surface area contributed by atoms with E-state index in [4.69, 9.17) is 28.3 Å². The summed E-state index contributed by atoms with van der Waals surface area (Å²) in [6.07, 6.45) is 1.39. The predicted octanol–water partition coefficient (Wildman–Crippen LogP) is 1.73. The molecule has 0 spiro atoms. The van der Waals surface area contributed by atoms with Crippen molar-refractivity contribution in [2.24, 2.45) is 0 Å². The number of halogens is 2. The van der Waals surface area contributed by atoms with Gasteiger partial charge in [-0.15, -0.1) is 5.10 Å². The van der Waals surface area contributed by atoms with E-state index in [1.54, 1.807) is 0 Å². The fourth-order valence-corrected chi connectivity index (χ4v) is 1.89. The molecule has 0 saturated carbocycles. The van der Waals surface area contributed by atoms with Crippen molar-refractivity contribution >= 4 is 29.2 Å². The van der Waals surface area contributed by atoms with E-state index in [1.807, 2.05) is 0 Å². The van der Waals surface area contributed by atoms with Crippen LogP contribution in [0, 0.1) is 0 Å². The van der Waals surface area contributed by atoms with Gasteiger partial charge in [-0.25, -0.2) is 9.48 Å². The van der Waals surface area contributed by atoms with E-state index in [0.717, 1.165) is 0 Å². The summed E-state index contributed by atoms with van der Waals surface area (Å²) in [6, 6.07) is 2.84. The third-order valence-electron chi connectivity index (χ3n) is 2.13. The average Bonchev–Trinajstić information content (AvgIpc) is 2.76. The lowest BCUT2D eigenvalue weighted by molar-refractivity contribution is 0.0697. The van der Waals surface area contributed by atoms with Crippen molar-refractivity contribution in [1.82, 2.24) is 20.2 Å². The van der Waals surface area contributed by atoms with Crippen molar-refractivity contribution in [2.45, 2.75) is 6.54 Å². The minimum Gasteiger partial charge on any atom is -0.478 e. The number of hydrogen-bond donors (Lipinski definition) is 1. The highest BCUT2D eigenvalue weighted by Crippen LogP contribution is 2.28. The minimum atomic E-state index is -1.11. The largest absolute Gasteiger partial charge is 0.478 e. The highest BCUT2D eigenvalue weighted by molar-refractivity contribution is 6.37. The van der Waals surface area contributed by atoms with Crippen LogP contribution in [0.2, 0.25) is 10.0 Å². The molecule has 0 radical (unpaired) electrons. The van der Waals surface area contributed by atoms with Gasteiger partial charge in [0.15, 0.2) is 0 Å². The monoisotopic (exact) mass is 272 g/mol. The van der Waals surface area contributed by atoms with Crippen molar-refractivity contribution in [3.8, 4) is 0 Å². The van der Waals surface area contributed by atoms with Gasteiger partial charge < -0.3 is 5.11 Å². The van der Waals surface area contributed by atoms with Crippen LogP contribution in [0.4, 0.5) is 0 Å². The van der Waals surface area contributed by atoms with Gasteiger partial charge in [0.05, 0.1) is 17.1 Å². The van der Waals surface area contributed by atoms with Crippen LogP contribution in [-0.4, -0.2) is 31.3 Å². The van der Waals surface area contributed by atoms with Crippen molar-refractivity contribution in [3.63, 3.8) is 0 Å². The van der Waals surface area contributed by atoms with Crippen LogP contribution in [0.1, 0.15) is 15.9 Å². The number of hydrogen-bond acceptors (Lipinski definition) is 4. The maximum atomic E-state index is 10.9. The molecule has 1 aromatic heterocycles. The Hall–Kier alpha value is -1.66. The van der Waals surface area contributed by atoms with Crippen LogP contribution in [0.5, 0.6) is 0 Å². The summed E-state index contributed by atoms with van der Waals surface area (Å²) in [6.45, 7) is 0.214. The molecular weight excluding hydrogens is 267 g/mol. The molecule has 0 bridgehead atoms. The first kappa shape index (κ1) is 11.8. The number of aromatic nitrogens is 4. The number of benzene rings is 1. The Balaban J connectivity index is 2.45. The van der Waals surface area contributed by atoms with Crippen LogP contribution in [0.15, 0.2) is 18.5 Å². The molecule has 0 aliphatic carbocycles. The van der Waals surface area contributed by atoms with E-state index in [9.17, 15) is 4.79 Å². The summed E-state index contributed by atoms with van der Waals surface area (Å²) in [5.74, 6) is -1.11. The Bertz CT molecular complexity index is 556. The number of rotatable bonds is 3. The fourth-order valence-electron chi connectivity index (χ4n) is 1.32. The zero-order valence-corrected chi connectivity index (χ0v) is 9.85. The van der Waals surface area contributed by atoms with E-state index in [1.165, 1.54) is 23.1 Å². The molecule has 1 N–H and O–H groups in total. The van der Waals surface area contributed by atoms with Gasteiger partial charge in [-0.3, -0.25) is 0 Å². The molecule has 0 saturated heterocycles. The molecule has 0 fully saturated rings. The second kappa shape index (κ2) is 4.68. The van der Waals surface area contributed by atoms with Crippen LogP contribution < -0.4 is 0 Å². The van der Waals surface area contributed by atoms with Gasteiger partial charge in [0.25, 0.3) is 0 Å². The minimum absolute atomic E-state index is 0.000795. The maximum Gasteiger partial charge on any atom is 0.337 e. The van der Waals surface area contributed by atoms with Crippen molar-refractivity contribution < 1.29 is 9.90 Å². The van der Waals surface area contributed by atoms with Crippen molar-refractivity contribution in [1.29, 1.82) is 0 Å². The third kappa shape index (κ3) is 2.37. The molecule has 0 amide bonds. The van der Waals surface area contributed by atoms with Crippen LogP contribution in [0.3, 0.4) is 0 Å². The number of nitrogens with zero attached hydrogens (tertiary/aromatic N) is 4. The number of carboxylic acid groups (broad SMARTS) is 1. The Labute approximate surface area is 106 Å². The highest BCUT2D eigenvalue weighted by Gasteiger charge is 2.15. The summed E-state index contributed by atoms with van der Waals surface area (Å²) < 4.78 is 1.40. The quantitative estimate of drug-likeness (QED) is 0.920.